The van der Waals surface area contributed by atoms with Crippen LogP contribution in [0.5, 0.6) is 5.75 Å². The molecule has 2 amide bonds. The lowest BCUT2D eigenvalue weighted by atomic mass is 10.1. The Bertz CT molecular complexity index is 865. The quantitative estimate of drug-likeness (QED) is 0.656. The lowest BCUT2D eigenvalue weighted by Crippen LogP contribution is -2.39. The standard InChI is InChI=1S/C17H15N3O5/c1-10-6-7-11(20(23)24)8-13(10)18-16(21)9-15-17(22)19-12-4-2-3-5-14(12)25-15/h2-8,15H,9H2,1H3,(H,18,21)(H,19,22). The van der Waals surface area contributed by atoms with E-state index in [9.17, 15) is 19.7 Å². The van der Waals surface area contributed by atoms with Crippen LogP contribution in [0.4, 0.5) is 17.1 Å². The smallest absolute Gasteiger partial charge is 0.271 e. The highest BCUT2D eigenvalue weighted by atomic mass is 16.6. The van der Waals surface area contributed by atoms with E-state index in [1.54, 1.807) is 37.3 Å². The first-order chi connectivity index (χ1) is 11.9. The molecule has 1 unspecified atom stereocenters. The number of nitrogens with one attached hydrogen (secondary N) is 2. The molecule has 0 aromatic heterocycles. The molecule has 0 saturated carbocycles. The van der Waals surface area contributed by atoms with Gasteiger partial charge in [-0.25, -0.2) is 0 Å². The van der Waals surface area contributed by atoms with Gasteiger partial charge in [0.1, 0.15) is 5.75 Å². The predicted octanol–water partition coefficient (Wildman–Crippen LogP) is 2.63. The van der Waals surface area contributed by atoms with Crippen LogP contribution < -0.4 is 15.4 Å². The van der Waals surface area contributed by atoms with Crippen molar-refractivity contribution in [3.8, 4) is 5.75 Å². The fourth-order valence-corrected chi connectivity index (χ4v) is 2.45. The van der Waals surface area contributed by atoms with Crippen molar-refractivity contribution in [2.24, 2.45) is 0 Å². The van der Waals surface area contributed by atoms with E-state index in [1.165, 1.54) is 12.1 Å². The molecule has 1 aliphatic rings. The second kappa shape index (κ2) is 6.60. The Kier molecular flexibility index (Phi) is 4.34. The molecule has 128 valence electrons. The number of aryl methyl sites for hydroxylation is 1. The average Bonchev–Trinajstić information content (AvgIpc) is 2.57. The second-order valence-corrected chi connectivity index (χ2v) is 5.60. The van der Waals surface area contributed by atoms with E-state index < -0.39 is 22.8 Å². The van der Waals surface area contributed by atoms with Crippen LogP contribution in [0.15, 0.2) is 42.5 Å². The van der Waals surface area contributed by atoms with Gasteiger partial charge in [-0.3, -0.25) is 19.7 Å². The van der Waals surface area contributed by atoms with Gasteiger partial charge in [-0.1, -0.05) is 18.2 Å². The molecule has 0 spiro atoms. The number of amides is 2. The Morgan fingerprint density at radius 2 is 2.08 bits per heavy atom. The number of benzene rings is 2. The number of ether oxygens (including phenoxy) is 1. The van der Waals surface area contributed by atoms with Crippen molar-refractivity contribution in [1.82, 2.24) is 0 Å². The minimum Gasteiger partial charge on any atom is -0.478 e. The van der Waals surface area contributed by atoms with Crippen molar-refractivity contribution < 1.29 is 19.2 Å². The largest absolute Gasteiger partial charge is 0.478 e. The molecule has 8 nitrogen and oxygen atoms in total. The molecule has 0 radical (unpaired) electrons. The van der Waals surface area contributed by atoms with E-state index in [0.717, 1.165) is 0 Å². The van der Waals surface area contributed by atoms with Crippen LogP contribution >= 0.6 is 0 Å². The zero-order chi connectivity index (χ0) is 18.0. The molecule has 0 saturated heterocycles. The van der Waals surface area contributed by atoms with E-state index in [4.69, 9.17) is 4.74 Å². The van der Waals surface area contributed by atoms with Gasteiger partial charge in [0.25, 0.3) is 11.6 Å². The van der Waals surface area contributed by atoms with Crippen molar-refractivity contribution >= 4 is 28.9 Å². The normalized spacial score (nSPS) is 15.6. The number of non-ortho nitro benzene ring substituents is 1. The summed E-state index contributed by atoms with van der Waals surface area (Å²) >= 11 is 0. The van der Waals surface area contributed by atoms with Gasteiger partial charge >= 0.3 is 0 Å². The van der Waals surface area contributed by atoms with Crippen molar-refractivity contribution in [3.63, 3.8) is 0 Å². The number of rotatable bonds is 4. The zero-order valence-corrected chi connectivity index (χ0v) is 13.3. The number of para-hydroxylation sites is 2. The first-order valence-electron chi connectivity index (χ1n) is 7.55. The van der Waals surface area contributed by atoms with Gasteiger partial charge in [0.15, 0.2) is 6.10 Å². The van der Waals surface area contributed by atoms with E-state index in [-0.39, 0.29) is 12.1 Å². The summed E-state index contributed by atoms with van der Waals surface area (Å²) in [6.45, 7) is 1.72. The molecule has 2 N–H and O–H groups in total. The summed E-state index contributed by atoms with van der Waals surface area (Å²) in [4.78, 5) is 34.6. The number of anilines is 2. The summed E-state index contributed by atoms with van der Waals surface area (Å²) in [7, 11) is 0. The second-order valence-electron chi connectivity index (χ2n) is 5.60. The van der Waals surface area contributed by atoms with Crippen molar-refractivity contribution in [1.29, 1.82) is 0 Å². The Morgan fingerprint density at radius 3 is 2.84 bits per heavy atom. The maximum Gasteiger partial charge on any atom is 0.271 e. The first kappa shape index (κ1) is 16.4. The zero-order valence-electron chi connectivity index (χ0n) is 13.3. The maximum absolute atomic E-state index is 12.2. The van der Waals surface area contributed by atoms with Crippen LogP contribution in [-0.4, -0.2) is 22.8 Å². The van der Waals surface area contributed by atoms with E-state index in [2.05, 4.69) is 10.6 Å². The van der Waals surface area contributed by atoms with Crippen LogP contribution in [0.2, 0.25) is 0 Å². The molecule has 0 aliphatic carbocycles. The number of hydrogen-bond acceptors (Lipinski definition) is 5. The molecule has 3 rings (SSSR count). The molecular formula is C17H15N3O5. The van der Waals surface area contributed by atoms with E-state index >= 15 is 0 Å². The molecule has 1 aliphatic heterocycles. The minimum absolute atomic E-state index is 0.124. The summed E-state index contributed by atoms with van der Waals surface area (Å²) in [5, 5.41) is 16.1. The van der Waals surface area contributed by atoms with Gasteiger partial charge < -0.3 is 15.4 Å². The summed E-state index contributed by atoms with van der Waals surface area (Å²) < 4.78 is 5.56. The van der Waals surface area contributed by atoms with E-state index in [0.29, 0.717) is 22.7 Å². The Hall–Kier alpha value is -3.42. The SMILES string of the molecule is Cc1ccc([N+](=O)[O-])cc1NC(=O)CC1Oc2ccccc2NC1=O. The minimum atomic E-state index is -0.964. The monoisotopic (exact) mass is 341 g/mol. The van der Waals surface area contributed by atoms with Crippen molar-refractivity contribution in [3.05, 3.63) is 58.1 Å². The Balaban J connectivity index is 1.70. The number of hydrogen-bond donors (Lipinski definition) is 2. The number of carbonyl (C=O) groups excluding carboxylic acids is 2. The van der Waals surface area contributed by atoms with Crippen LogP contribution in [-0.2, 0) is 9.59 Å². The lowest BCUT2D eigenvalue weighted by Gasteiger charge is -2.25. The maximum atomic E-state index is 12.2. The third-order valence-corrected chi connectivity index (χ3v) is 3.78. The van der Waals surface area contributed by atoms with Crippen molar-refractivity contribution in [2.45, 2.75) is 19.4 Å². The van der Waals surface area contributed by atoms with Crippen LogP contribution in [0.25, 0.3) is 0 Å². The molecule has 2 aromatic carbocycles. The predicted molar refractivity (Wildman–Crippen MR) is 90.6 cm³/mol. The van der Waals surface area contributed by atoms with Gasteiger partial charge in [-0.15, -0.1) is 0 Å². The summed E-state index contributed by atoms with van der Waals surface area (Å²) in [5.74, 6) is -0.390. The van der Waals surface area contributed by atoms with Gasteiger partial charge in [-0.05, 0) is 24.6 Å². The summed E-state index contributed by atoms with van der Waals surface area (Å²) in [5.41, 5.74) is 1.44. The third kappa shape index (κ3) is 3.57. The molecular weight excluding hydrogens is 326 g/mol. The number of carbonyl (C=O) groups is 2. The van der Waals surface area contributed by atoms with Crippen LogP contribution in [0.3, 0.4) is 0 Å². The average molecular weight is 341 g/mol. The molecule has 25 heavy (non-hydrogen) atoms. The van der Waals surface area contributed by atoms with Crippen LogP contribution in [0.1, 0.15) is 12.0 Å². The Morgan fingerprint density at radius 1 is 1.32 bits per heavy atom. The highest BCUT2D eigenvalue weighted by molar-refractivity contribution is 6.02. The summed E-state index contributed by atoms with van der Waals surface area (Å²) in [6.07, 6.45) is -1.17. The Labute approximate surface area is 142 Å². The topological polar surface area (TPSA) is 111 Å². The fraction of sp³-hybridized carbons (Fsp3) is 0.176. The fourth-order valence-electron chi connectivity index (χ4n) is 2.45. The number of nitro benzene ring substituents is 1. The third-order valence-electron chi connectivity index (χ3n) is 3.78. The highest BCUT2D eigenvalue weighted by Crippen LogP contribution is 2.30. The van der Waals surface area contributed by atoms with Crippen molar-refractivity contribution in [2.75, 3.05) is 10.6 Å². The molecule has 8 heteroatoms. The molecule has 0 fully saturated rings. The molecule has 0 bridgehead atoms. The first-order valence-corrected chi connectivity index (χ1v) is 7.55. The number of nitro groups is 1. The van der Waals surface area contributed by atoms with Gasteiger partial charge in [0, 0.05) is 12.1 Å². The molecule has 1 atom stereocenters. The number of fused-ring (bicyclic) bond motifs is 1. The van der Waals surface area contributed by atoms with Gasteiger partial charge in [0.05, 0.1) is 22.7 Å². The number of nitrogens with zero attached hydrogens (tertiary/aromatic N) is 1. The van der Waals surface area contributed by atoms with Crippen LogP contribution in [0, 0.1) is 17.0 Å². The van der Waals surface area contributed by atoms with Gasteiger partial charge in [0.2, 0.25) is 5.91 Å². The highest BCUT2D eigenvalue weighted by Gasteiger charge is 2.29. The molecule has 2 aromatic rings. The molecule has 1 heterocycles. The lowest BCUT2D eigenvalue weighted by molar-refractivity contribution is -0.384. The summed E-state index contributed by atoms with van der Waals surface area (Å²) in [6, 6.07) is 11.1. The van der Waals surface area contributed by atoms with Gasteiger partial charge in [-0.2, -0.15) is 0 Å². The van der Waals surface area contributed by atoms with E-state index in [1.807, 2.05) is 0 Å².